The molecule has 0 spiro atoms. The van der Waals surface area contributed by atoms with E-state index in [2.05, 4.69) is 14.1 Å². The molecule has 2 bridgehead atoms. The first kappa shape index (κ1) is 19.6. The molecule has 0 amide bonds. The lowest BCUT2D eigenvalue weighted by Gasteiger charge is -2.43. The molecule has 0 aliphatic carbocycles. The fraction of sp³-hybridized carbons (Fsp3) is 0.600. The number of fused-ring (bicyclic) bond motifs is 2. The Bertz CT molecular complexity index is 687. The van der Waals surface area contributed by atoms with Crippen LogP contribution in [-0.2, 0) is 14.2 Å². The van der Waals surface area contributed by atoms with Gasteiger partial charge in [-0.3, -0.25) is 0 Å². The summed E-state index contributed by atoms with van der Waals surface area (Å²) < 4.78 is 16.6. The number of carbonyl (C=O) groups excluding carboxylic acids is 2. The summed E-state index contributed by atoms with van der Waals surface area (Å²) in [6.07, 6.45) is 2.16. The van der Waals surface area contributed by atoms with Crippen LogP contribution in [-0.4, -0.2) is 67.7 Å². The first-order valence-electron chi connectivity index (χ1n) is 9.35. The molecule has 3 unspecified atom stereocenters. The van der Waals surface area contributed by atoms with Crippen LogP contribution < -0.4 is 0 Å². The van der Waals surface area contributed by atoms with Gasteiger partial charge in [-0.2, -0.15) is 0 Å². The van der Waals surface area contributed by atoms with Crippen LogP contribution in [0.4, 0.5) is 4.79 Å². The van der Waals surface area contributed by atoms with Gasteiger partial charge in [0.25, 0.3) is 0 Å². The number of carbonyl (C=O) groups is 2. The summed E-state index contributed by atoms with van der Waals surface area (Å²) in [5, 5.41) is 9.63. The molecular formula is C20H28NO6+. The van der Waals surface area contributed by atoms with Crippen LogP contribution in [0.25, 0.3) is 0 Å². The van der Waals surface area contributed by atoms with Crippen molar-refractivity contribution in [3.05, 3.63) is 35.4 Å². The number of ether oxygens (including phenoxy) is 3. The number of hydrogen-bond acceptors (Lipinski definition) is 6. The molecule has 3 rings (SSSR count). The van der Waals surface area contributed by atoms with E-state index < -0.39 is 24.8 Å². The zero-order valence-electron chi connectivity index (χ0n) is 16.1. The number of aliphatic hydroxyl groups is 1. The molecule has 27 heavy (non-hydrogen) atoms. The molecule has 3 atom stereocenters. The lowest BCUT2D eigenvalue weighted by atomic mass is 9.98. The van der Waals surface area contributed by atoms with Crippen LogP contribution in [0.1, 0.15) is 47.7 Å². The molecule has 2 aliphatic heterocycles. The summed E-state index contributed by atoms with van der Waals surface area (Å²) in [5.41, 5.74) is 0.841. The van der Waals surface area contributed by atoms with Crippen molar-refractivity contribution in [1.82, 2.24) is 0 Å². The summed E-state index contributed by atoms with van der Waals surface area (Å²) in [7, 11) is 5.78. The van der Waals surface area contributed by atoms with Crippen LogP contribution in [0.3, 0.4) is 0 Å². The number of methoxy groups -OCH3 is 1. The first-order chi connectivity index (χ1) is 12.8. The summed E-state index contributed by atoms with van der Waals surface area (Å²) in [4.78, 5) is 23.9. The summed E-state index contributed by atoms with van der Waals surface area (Å²) in [6.45, 7) is -0.403. The SMILES string of the molecule is COC(=O)c1cccc(C(CO)OC(=O)OC2CC3CCC(C2)[N+]3(C)C)c1. The van der Waals surface area contributed by atoms with Gasteiger partial charge < -0.3 is 23.8 Å². The normalized spacial score (nSPS) is 26.9. The number of hydrogen-bond donors (Lipinski definition) is 1. The van der Waals surface area contributed by atoms with Gasteiger partial charge in [-0.1, -0.05) is 12.1 Å². The van der Waals surface area contributed by atoms with Crippen LogP contribution >= 0.6 is 0 Å². The fourth-order valence-corrected chi connectivity index (χ4v) is 4.40. The first-order valence-corrected chi connectivity index (χ1v) is 9.35. The largest absolute Gasteiger partial charge is 0.509 e. The highest BCUT2D eigenvalue weighted by Crippen LogP contribution is 2.40. The molecule has 1 N–H and O–H groups in total. The third kappa shape index (κ3) is 4.09. The van der Waals surface area contributed by atoms with Gasteiger partial charge in [0.05, 0.1) is 45.5 Å². The van der Waals surface area contributed by atoms with E-state index in [1.54, 1.807) is 24.3 Å². The van der Waals surface area contributed by atoms with Crippen molar-refractivity contribution in [2.75, 3.05) is 27.8 Å². The quantitative estimate of drug-likeness (QED) is 0.626. The summed E-state index contributed by atoms with van der Waals surface area (Å²) >= 11 is 0. The van der Waals surface area contributed by atoms with E-state index in [4.69, 9.17) is 14.2 Å². The van der Waals surface area contributed by atoms with Gasteiger partial charge in [0, 0.05) is 25.7 Å². The van der Waals surface area contributed by atoms with E-state index in [0.29, 0.717) is 23.2 Å². The van der Waals surface area contributed by atoms with Gasteiger partial charge in [0.2, 0.25) is 0 Å². The maximum Gasteiger partial charge on any atom is 0.509 e. The van der Waals surface area contributed by atoms with E-state index in [-0.39, 0.29) is 6.10 Å². The number of aliphatic hydroxyl groups excluding tert-OH is 1. The molecule has 0 radical (unpaired) electrons. The maximum absolute atomic E-state index is 12.3. The van der Waals surface area contributed by atoms with Crippen LogP contribution in [0.2, 0.25) is 0 Å². The van der Waals surface area contributed by atoms with Crippen LogP contribution in [0.15, 0.2) is 24.3 Å². The molecule has 1 aromatic carbocycles. The molecule has 2 aliphatic rings. The molecule has 2 fully saturated rings. The maximum atomic E-state index is 12.3. The van der Waals surface area contributed by atoms with Gasteiger partial charge in [0.15, 0.2) is 6.10 Å². The van der Waals surface area contributed by atoms with E-state index in [1.807, 2.05) is 0 Å². The van der Waals surface area contributed by atoms with Gasteiger partial charge in [-0.25, -0.2) is 9.59 Å². The molecular weight excluding hydrogens is 350 g/mol. The predicted octanol–water partition coefficient (Wildman–Crippen LogP) is 2.43. The average molecular weight is 378 g/mol. The molecule has 2 heterocycles. The van der Waals surface area contributed by atoms with Crippen molar-refractivity contribution >= 4 is 12.1 Å². The van der Waals surface area contributed by atoms with Crippen LogP contribution in [0, 0.1) is 0 Å². The van der Waals surface area contributed by atoms with Crippen molar-refractivity contribution in [3.8, 4) is 0 Å². The summed E-state index contributed by atoms with van der Waals surface area (Å²) in [5.74, 6) is -0.491. The Morgan fingerprint density at radius 2 is 1.89 bits per heavy atom. The topological polar surface area (TPSA) is 82.1 Å². The van der Waals surface area contributed by atoms with E-state index in [0.717, 1.165) is 30.2 Å². The smallest absolute Gasteiger partial charge is 0.465 e. The standard InChI is InChI=1S/C20H28NO6/c1-21(2)15-7-8-16(21)11-17(10-15)26-20(24)27-18(12-22)13-5-4-6-14(9-13)19(23)25-3/h4-6,9,15-18,22H,7-8,10-12H2,1-3H3/q+1. The third-order valence-electron chi connectivity index (χ3n) is 6.13. The third-order valence-corrected chi connectivity index (χ3v) is 6.13. The van der Waals surface area contributed by atoms with E-state index in [1.165, 1.54) is 7.11 Å². The Hall–Kier alpha value is -2.12. The zero-order valence-corrected chi connectivity index (χ0v) is 16.1. The zero-order chi connectivity index (χ0) is 19.6. The van der Waals surface area contributed by atoms with E-state index in [9.17, 15) is 14.7 Å². The second kappa shape index (κ2) is 7.86. The fourth-order valence-electron chi connectivity index (χ4n) is 4.40. The molecule has 148 valence electrons. The Labute approximate surface area is 159 Å². The minimum Gasteiger partial charge on any atom is -0.465 e. The van der Waals surface area contributed by atoms with Crippen molar-refractivity contribution in [1.29, 1.82) is 0 Å². The molecule has 0 aromatic heterocycles. The second-order valence-corrected chi connectivity index (χ2v) is 7.88. The van der Waals surface area contributed by atoms with Crippen LogP contribution in [0.5, 0.6) is 0 Å². The molecule has 2 saturated heterocycles. The number of quaternary nitrogens is 1. The lowest BCUT2D eigenvalue weighted by Crippen LogP contribution is -2.56. The lowest BCUT2D eigenvalue weighted by molar-refractivity contribution is -0.931. The molecule has 7 heteroatoms. The number of rotatable bonds is 5. The minimum atomic E-state index is -0.894. The van der Waals surface area contributed by atoms with E-state index >= 15 is 0 Å². The molecule has 1 aromatic rings. The van der Waals surface area contributed by atoms with Gasteiger partial charge in [-0.05, 0) is 17.7 Å². The number of benzene rings is 1. The second-order valence-electron chi connectivity index (χ2n) is 7.88. The monoisotopic (exact) mass is 378 g/mol. The van der Waals surface area contributed by atoms with Gasteiger partial charge >= 0.3 is 12.1 Å². The van der Waals surface area contributed by atoms with Gasteiger partial charge in [0.1, 0.15) is 6.10 Å². The highest BCUT2D eigenvalue weighted by atomic mass is 16.7. The van der Waals surface area contributed by atoms with Crippen molar-refractivity contribution in [2.24, 2.45) is 0 Å². The Morgan fingerprint density at radius 1 is 1.22 bits per heavy atom. The number of esters is 1. The highest BCUT2D eigenvalue weighted by molar-refractivity contribution is 5.89. The highest BCUT2D eigenvalue weighted by Gasteiger charge is 2.50. The molecule has 0 saturated carbocycles. The summed E-state index contributed by atoms with van der Waals surface area (Å²) in [6, 6.07) is 7.48. The Kier molecular flexibility index (Phi) is 5.72. The Balaban J connectivity index is 1.60. The van der Waals surface area contributed by atoms with Gasteiger partial charge in [-0.15, -0.1) is 0 Å². The Morgan fingerprint density at radius 3 is 2.48 bits per heavy atom. The number of piperidine rings is 1. The van der Waals surface area contributed by atoms with Crippen molar-refractivity contribution in [2.45, 2.75) is 50.0 Å². The van der Waals surface area contributed by atoms with Crippen molar-refractivity contribution < 1.29 is 33.4 Å². The minimum absolute atomic E-state index is 0.151. The predicted molar refractivity (Wildman–Crippen MR) is 97.1 cm³/mol. The van der Waals surface area contributed by atoms with Crippen molar-refractivity contribution in [3.63, 3.8) is 0 Å². The molecule has 7 nitrogen and oxygen atoms in total. The average Bonchev–Trinajstić information content (AvgIpc) is 2.82. The number of nitrogens with zero attached hydrogens (tertiary/aromatic N) is 1.